The molecule has 2 fully saturated rings. The first kappa shape index (κ1) is 19.5. The molecule has 2 aliphatic rings. The van der Waals surface area contributed by atoms with Crippen molar-refractivity contribution in [3.8, 4) is 0 Å². The zero-order valence-corrected chi connectivity index (χ0v) is 16.3. The number of esters is 1. The summed E-state index contributed by atoms with van der Waals surface area (Å²) in [5.41, 5.74) is 0.640. The summed E-state index contributed by atoms with van der Waals surface area (Å²) >= 11 is 0. The van der Waals surface area contributed by atoms with Gasteiger partial charge >= 0.3 is 5.97 Å². The minimum atomic E-state index is -1.40. The molecule has 146 valence electrons. The SMILES string of the molecule is CC[C@H]1[C@H](/C=C/c2ccc(/C(C)=N/O)cn2)[C@@H]2[C@@H](C)OC(=O)[C@]2(O)C[C@@H]1C. The summed E-state index contributed by atoms with van der Waals surface area (Å²) in [6, 6.07) is 3.71. The van der Waals surface area contributed by atoms with Gasteiger partial charge in [0.25, 0.3) is 0 Å². The maximum Gasteiger partial charge on any atom is 0.338 e. The molecule has 1 saturated heterocycles. The lowest BCUT2D eigenvalue weighted by Gasteiger charge is -2.45. The Balaban J connectivity index is 1.90. The molecule has 2 N–H and O–H groups in total. The van der Waals surface area contributed by atoms with Crippen LogP contribution in [0.25, 0.3) is 6.08 Å². The number of aliphatic hydroxyl groups is 1. The molecule has 1 aromatic rings. The van der Waals surface area contributed by atoms with Crippen LogP contribution in [0.3, 0.4) is 0 Å². The van der Waals surface area contributed by atoms with E-state index in [1.165, 1.54) is 0 Å². The van der Waals surface area contributed by atoms with Crippen LogP contribution in [0.4, 0.5) is 0 Å². The highest BCUT2D eigenvalue weighted by atomic mass is 16.6. The molecule has 27 heavy (non-hydrogen) atoms. The normalized spacial score (nSPS) is 36.7. The lowest BCUT2D eigenvalue weighted by Crippen LogP contribution is -2.53. The van der Waals surface area contributed by atoms with Crippen molar-refractivity contribution < 1.29 is 19.8 Å². The number of fused-ring (bicyclic) bond motifs is 1. The van der Waals surface area contributed by atoms with E-state index in [0.29, 0.717) is 18.1 Å². The van der Waals surface area contributed by atoms with Crippen molar-refractivity contribution in [2.24, 2.45) is 28.8 Å². The molecule has 1 aromatic heterocycles. The lowest BCUT2D eigenvalue weighted by molar-refractivity contribution is -0.160. The molecular formula is C21H28N2O4. The maximum atomic E-state index is 12.3. The highest BCUT2D eigenvalue weighted by Gasteiger charge is 2.62. The van der Waals surface area contributed by atoms with Gasteiger partial charge in [-0.25, -0.2) is 4.79 Å². The number of aromatic nitrogens is 1. The van der Waals surface area contributed by atoms with Gasteiger partial charge in [0.1, 0.15) is 6.10 Å². The largest absolute Gasteiger partial charge is 0.460 e. The van der Waals surface area contributed by atoms with E-state index >= 15 is 0 Å². The Morgan fingerprint density at radius 3 is 2.78 bits per heavy atom. The van der Waals surface area contributed by atoms with E-state index in [0.717, 1.165) is 17.7 Å². The Hall–Kier alpha value is -2.21. The first-order valence-corrected chi connectivity index (χ1v) is 9.58. The number of pyridine rings is 1. The van der Waals surface area contributed by atoms with Crippen LogP contribution >= 0.6 is 0 Å². The quantitative estimate of drug-likeness (QED) is 0.366. The molecule has 0 radical (unpaired) electrons. The molecule has 1 aliphatic carbocycles. The van der Waals surface area contributed by atoms with Crippen molar-refractivity contribution in [1.82, 2.24) is 4.98 Å². The number of carbonyl (C=O) groups excluding carboxylic acids is 1. The average Bonchev–Trinajstić information content (AvgIpc) is 2.87. The summed E-state index contributed by atoms with van der Waals surface area (Å²) in [7, 11) is 0. The van der Waals surface area contributed by atoms with Crippen LogP contribution in [-0.4, -0.2) is 38.7 Å². The number of oxime groups is 1. The van der Waals surface area contributed by atoms with Crippen molar-refractivity contribution in [1.29, 1.82) is 0 Å². The third kappa shape index (κ3) is 3.38. The molecule has 3 rings (SSSR count). The summed E-state index contributed by atoms with van der Waals surface area (Å²) in [6.07, 6.45) is 6.80. The van der Waals surface area contributed by atoms with Crippen molar-refractivity contribution in [3.05, 3.63) is 35.7 Å². The maximum absolute atomic E-state index is 12.3. The summed E-state index contributed by atoms with van der Waals surface area (Å²) in [5, 5.41) is 23.1. The number of hydrogen-bond donors (Lipinski definition) is 2. The Bertz CT molecular complexity index is 758. The van der Waals surface area contributed by atoms with Gasteiger partial charge in [0.15, 0.2) is 5.60 Å². The predicted molar refractivity (Wildman–Crippen MR) is 102 cm³/mol. The van der Waals surface area contributed by atoms with E-state index in [-0.39, 0.29) is 23.9 Å². The fourth-order valence-electron chi connectivity index (χ4n) is 4.93. The summed E-state index contributed by atoms with van der Waals surface area (Å²) < 4.78 is 5.41. The van der Waals surface area contributed by atoms with Crippen molar-refractivity contribution in [2.45, 2.75) is 52.2 Å². The molecule has 6 heteroatoms. The molecule has 0 bridgehead atoms. The van der Waals surface area contributed by atoms with Gasteiger partial charge in [-0.3, -0.25) is 4.98 Å². The molecule has 0 unspecified atom stereocenters. The second kappa shape index (κ2) is 7.43. The number of ether oxygens (including phenoxy) is 1. The van der Waals surface area contributed by atoms with E-state index in [4.69, 9.17) is 9.94 Å². The van der Waals surface area contributed by atoms with Crippen molar-refractivity contribution >= 4 is 17.8 Å². The Morgan fingerprint density at radius 2 is 2.19 bits per heavy atom. The summed E-state index contributed by atoms with van der Waals surface area (Å²) in [4.78, 5) is 16.7. The topological polar surface area (TPSA) is 92.0 Å². The van der Waals surface area contributed by atoms with Gasteiger partial charge in [0.05, 0.1) is 11.4 Å². The number of cyclic esters (lactones) is 1. The minimum Gasteiger partial charge on any atom is -0.460 e. The van der Waals surface area contributed by atoms with E-state index in [1.807, 2.05) is 25.1 Å². The Labute approximate surface area is 160 Å². The third-order valence-electron chi connectivity index (χ3n) is 6.29. The first-order chi connectivity index (χ1) is 12.8. The number of allylic oxidation sites excluding steroid dienone is 1. The molecule has 6 nitrogen and oxygen atoms in total. The number of rotatable bonds is 4. The van der Waals surface area contributed by atoms with E-state index in [9.17, 15) is 9.90 Å². The Kier molecular flexibility index (Phi) is 5.38. The van der Waals surface area contributed by atoms with E-state index in [1.54, 1.807) is 13.1 Å². The zero-order chi connectivity index (χ0) is 19.8. The van der Waals surface area contributed by atoms with Gasteiger partial charge in [0, 0.05) is 17.7 Å². The number of nitrogens with zero attached hydrogens (tertiary/aromatic N) is 2. The van der Waals surface area contributed by atoms with Crippen LogP contribution < -0.4 is 0 Å². The van der Waals surface area contributed by atoms with Crippen LogP contribution in [0.5, 0.6) is 0 Å². The minimum absolute atomic E-state index is 0.0346. The Morgan fingerprint density at radius 1 is 1.44 bits per heavy atom. The van der Waals surface area contributed by atoms with Crippen LogP contribution in [0.1, 0.15) is 51.8 Å². The second-order valence-corrected chi connectivity index (χ2v) is 7.91. The summed E-state index contributed by atoms with van der Waals surface area (Å²) in [5.74, 6) is -0.104. The number of carbonyl (C=O) groups is 1. The second-order valence-electron chi connectivity index (χ2n) is 7.91. The van der Waals surface area contributed by atoms with Gasteiger partial charge in [-0.1, -0.05) is 31.5 Å². The third-order valence-corrected chi connectivity index (χ3v) is 6.29. The molecule has 0 spiro atoms. The molecule has 6 atom stereocenters. The molecule has 1 saturated carbocycles. The van der Waals surface area contributed by atoms with Crippen molar-refractivity contribution in [2.75, 3.05) is 0 Å². The van der Waals surface area contributed by atoms with Crippen molar-refractivity contribution in [3.63, 3.8) is 0 Å². The average molecular weight is 372 g/mol. The van der Waals surface area contributed by atoms with Crippen LogP contribution in [0.15, 0.2) is 29.6 Å². The van der Waals surface area contributed by atoms with Gasteiger partial charge in [-0.2, -0.15) is 0 Å². The lowest BCUT2D eigenvalue weighted by atomic mass is 9.59. The van der Waals surface area contributed by atoms with Gasteiger partial charge in [-0.05, 0) is 56.2 Å². The smallest absolute Gasteiger partial charge is 0.338 e. The van der Waals surface area contributed by atoms with Gasteiger partial charge in [-0.15, -0.1) is 0 Å². The number of hydrogen-bond acceptors (Lipinski definition) is 6. The monoisotopic (exact) mass is 372 g/mol. The molecular weight excluding hydrogens is 344 g/mol. The summed E-state index contributed by atoms with van der Waals surface area (Å²) in [6.45, 7) is 7.83. The zero-order valence-electron chi connectivity index (χ0n) is 16.3. The molecule has 0 amide bonds. The highest BCUT2D eigenvalue weighted by Crippen LogP contribution is 2.52. The van der Waals surface area contributed by atoms with Gasteiger partial charge in [0.2, 0.25) is 0 Å². The molecule has 0 aromatic carbocycles. The van der Waals surface area contributed by atoms with Gasteiger partial charge < -0.3 is 15.1 Å². The van der Waals surface area contributed by atoms with Crippen LogP contribution in [0.2, 0.25) is 0 Å². The fourth-order valence-corrected chi connectivity index (χ4v) is 4.93. The molecule has 1 aliphatic heterocycles. The first-order valence-electron chi connectivity index (χ1n) is 9.58. The highest BCUT2D eigenvalue weighted by molar-refractivity contribution is 5.98. The standard InChI is InChI=1S/C21H28N2O4/c1-5-17-12(2)10-21(25)19(14(4)27-20(21)24)18(17)9-8-16-7-6-15(11-22-16)13(3)23-26/h6-9,11-12,14,17-19,25-26H,5,10H2,1-4H3/b9-8+,23-13+/t12-,14+,17+,18-,19-,21-/m0/s1. The predicted octanol–water partition coefficient (Wildman–Crippen LogP) is 3.27. The van der Waals surface area contributed by atoms with Crippen LogP contribution in [0, 0.1) is 23.7 Å². The van der Waals surface area contributed by atoms with E-state index < -0.39 is 11.6 Å². The molecule has 2 heterocycles. The van der Waals surface area contributed by atoms with E-state index in [2.05, 4.69) is 30.1 Å². The fraction of sp³-hybridized carbons (Fsp3) is 0.571. The van der Waals surface area contributed by atoms with Crippen LogP contribution in [-0.2, 0) is 9.53 Å².